The number of aromatic nitrogens is 2. The summed E-state index contributed by atoms with van der Waals surface area (Å²) in [6.45, 7) is 1.18. The van der Waals surface area contributed by atoms with E-state index in [1.54, 1.807) is 0 Å². The van der Waals surface area contributed by atoms with Crippen molar-refractivity contribution in [1.29, 1.82) is 0 Å². The summed E-state index contributed by atoms with van der Waals surface area (Å²) in [4.78, 5) is 4.30. The zero-order valence-electron chi connectivity index (χ0n) is 7.45. The highest BCUT2D eigenvalue weighted by atomic mass is 15.0. The predicted octanol–water partition coefficient (Wildman–Crippen LogP) is 0.715. The van der Waals surface area contributed by atoms with Crippen molar-refractivity contribution in [3.63, 3.8) is 0 Å². The number of nitrogens with zero attached hydrogens (tertiary/aromatic N) is 2. The normalized spacial score (nSPS) is 23.2. The second-order valence-electron chi connectivity index (χ2n) is 3.45. The van der Waals surface area contributed by atoms with Crippen LogP contribution in [0.5, 0.6) is 0 Å². The Morgan fingerprint density at radius 2 is 2.67 bits per heavy atom. The summed E-state index contributed by atoms with van der Waals surface area (Å²) in [6.07, 6.45) is 7.56. The molecule has 3 heteroatoms. The van der Waals surface area contributed by atoms with Gasteiger partial charge in [0.25, 0.3) is 0 Å². The van der Waals surface area contributed by atoms with Crippen LogP contribution in [0, 0.1) is 0 Å². The lowest BCUT2D eigenvalue weighted by Crippen LogP contribution is -2.24. The van der Waals surface area contributed by atoms with Crippen molar-refractivity contribution in [1.82, 2.24) is 14.9 Å². The van der Waals surface area contributed by atoms with E-state index in [0.717, 1.165) is 6.42 Å². The summed E-state index contributed by atoms with van der Waals surface area (Å²) >= 11 is 0. The number of hydrogen-bond acceptors (Lipinski definition) is 2. The van der Waals surface area contributed by atoms with E-state index < -0.39 is 0 Å². The molecule has 12 heavy (non-hydrogen) atoms. The van der Waals surface area contributed by atoms with Crippen molar-refractivity contribution in [3.8, 4) is 0 Å². The molecule has 1 aliphatic rings. The zero-order chi connectivity index (χ0) is 8.39. The highest BCUT2D eigenvalue weighted by molar-refractivity contribution is 4.95. The predicted molar refractivity (Wildman–Crippen MR) is 47.9 cm³/mol. The molecule has 0 bridgehead atoms. The first-order valence-corrected chi connectivity index (χ1v) is 4.56. The summed E-state index contributed by atoms with van der Waals surface area (Å²) < 4.78 is 2.10. The van der Waals surface area contributed by atoms with Gasteiger partial charge in [-0.25, -0.2) is 4.98 Å². The Morgan fingerprint density at radius 1 is 1.75 bits per heavy atom. The minimum atomic E-state index is 0.658. The monoisotopic (exact) mass is 165 g/mol. The Kier molecular flexibility index (Phi) is 2.13. The van der Waals surface area contributed by atoms with Crippen molar-refractivity contribution in [3.05, 3.63) is 18.2 Å². The van der Waals surface area contributed by atoms with Gasteiger partial charge in [0.15, 0.2) is 0 Å². The fraction of sp³-hybridized carbons (Fsp3) is 0.667. The molecule has 1 atom stereocenters. The number of nitrogens with one attached hydrogen (secondary N) is 1. The molecule has 0 radical (unpaired) electrons. The minimum absolute atomic E-state index is 0.658. The quantitative estimate of drug-likeness (QED) is 0.699. The first-order chi connectivity index (χ1) is 5.86. The molecule has 2 heterocycles. The molecule has 0 aromatic carbocycles. The summed E-state index contributed by atoms with van der Waals surface area (Å²) in [5.74, 6) is 1.19. The Balaban J connectivity index is 1.98. The van der Waals surface area contributed by atoms with Gasteiger partial charge in [-0.1, -0.05) is 0 Å². The second-order valence-corrected chi connectivity index (χ2v) is 3.45. The van der Waals surface area contributed by atoms with Crippen LogP contribution in [0.1, 0.15) is 18.7 Å². The van der Waals surface area contributed by atoms with Crippen molar-refractivity contribution < 1.29 is 0 Å². The molecule has 0 saturated carbocycles. The van der Waals surface area contributed by atoms with E-state index in [0.29, 0.717) is 6.04 Å². The van der Waals surface area contributed by atoms with Gasteiger partial charge in [-0.3, -0.25) is 0 Å². The van der Waals surface area contributed by atoms with Crippen LogP contribution in [-0.2, 0) is 13.5 Å². The van der Waals surface area contributed by atoms with Crippen molar-refractivity contribution in [2.45, 2.75) is 25.3 Å². The molecule has 66 valence electrons. The maximum atomic E-state index is 4.30. The average Bonchev–Trinajstić information content (AvgIpc) is 2.65. The Hall–Kier alpha value is -0.830. The maximum absolute atomic E-state index is 4.30. The molecule has 0 amide bonds. The summed E-state index contributed by atoms with van der Waals surface area (Å²) in [5.41, 5.74) is 0. The highest BCUT2D eigenvalue weighted by Crippen LogP contribution is 2.09. The van der Waals surface area contributed by atoms with Crippen molar-refractivity contribution in [2.75, 3.05) is 6.54 Å². The van der Waals surface area contributed by atoms with Gasteiger partial charge in [-0.05, 0) is 19.4 Å². The number of hydrogen-bond donors (Lipinski definition) is 1. The molecule has 1 fully saturated rings. The van der Waals surface area contributed by atoms with Gasteiger partial charge in [0.1, 0.15) is 5.82 Å². The number of rotatable bonds is 2. The van der Waals surface area contributed by atoms with Gasteiger partial charge in [0, 0.05) is 31.9 Å². The van der Waals surface area contributed by atoms with Crippen molar-refractivity contribution in [2.24, 2.45) is 7.05 Å². The minimum Gasteiger partial charge on any atom is -0.338 e. The largest absolute Gasteiger partial charge is 0.338 e. The lowest BCUT2D eigenvalue weighted by atomic mass is 10.1. The summed E-state index contributed by atoms with van der Waals surface area (Å²) in [6, 6.07) is 0.658. The third-order valence-electron chi connectivity index (χ3n) is 2.51. The molecule has 1 aliphatic heterocycles. The molecular weight excluding hydrogens is 150 g/mol. The van der Waals surface area contributed by atoms with Gasteiger partial charge >= 0.3 is 0 Å². The van der Waals surface area contributed by atoms with E-state index >= 15 is 0 Å². The lowest BCUT2D eigenvalue weighted by Gasteiger charge is -2.08. The molecule has 3 nitrogen and oxygen atoms in total. The van der Waals surface area contributed by atoms with E-state index in [2.05, 4.69) is 21.9 Å². The van der Waals surface area contributed by atoms with Crippen LogP contribution in [0.2, 0.25) is 0 Å². The fourth-order valence-electron chi connectivity index (χ4n) is 1.74. The third kappa shape index (κ3) is 1.50. The Morgan fingerprint density at radius 3 is 3.25 bits per heavy atom. The van der Waals surface area contributed by atoms with Gasteiger partial charge in [-0.2, -0.15) is 0 Å². The molecule has 0 spiro atoms. The van der Waals surface area contributed by atoms with Gasteiger partial charge < -0.3 is 9.88 Å². The first kappa shape index (κ1) is 7.80. The Bertz CT molecular complexity index is 248. The summed E-state index contributed by atoms with van der Waals surface area (Å²) in [5, 5.41) is 3.47. The van der Waals surface area contributed by atoms with Crippen LogP contribution in [-0.4, -0.2) is 22.1 Å². The van der Waals surface area contributed by atoms with Crippen LogP contribution in [0.3, 0.4) is 0 Å². The third-order valence-corrected chi connectivity index (χ3v) is 2.51. The first-order valence-electron chi connectivity index (χ1n) is 4.56. The van der Waals surface area contributed by atoms with Crippen molar-refractivity contribution >= 4 is 0 Å². The molecule has 1 aromatic heterocycles. The van der Waals surface area contributed by atoms with E-state index in [1.165, 1.54) is 25.2 Å². The zero-order valence-corrected chi connectivity index (χ0v) is 7.45. The SMILES string of the molecule is Cn1ccnc1CC1CCCN1. The Labute approximate surface area is 72.8 Å². The summed E-state index contributed by atoms with van der Waals surface area (Å²) in [7, 11) is 2.05. The van der Waals surface area contributed by atoms with Crippen LogP contribution in [0.4, 0.5) is 0 Å². The average molecular weight is 165 g/mol. The molecule has 2 rings (SSSR count). The van der Waals surface area contributed by atoms with Gasteiger partial charge in [0.05, 0.1) is 0 Å². The second kappa shape index (κ2) is 3.27. The number of imidazole rings is 1. The van der Waals surface area contributed by atoms with E-state index in [1.807, 2.05) is 12.4 Å². The molecule has 1 saturated heterocycles. The maximum Gasteiger partial charge on any atom is 0.109 e. The van der Waals surface area contributed by atoms with Gasteiger partial charge in [0.2, 0.25) is 0 Å². The topological polar surface area (TPSA) is 29.9 Å². The lowest BCUT2D eigenvalue weighted by molar-refractivity contribution is 0.573. The molecule has 0 aliphatic carbocycles. The molecular formula is C9H15N3. The van der Waals surface area contributed by atoms with Crippen LogP contribution < -0.4 is 5.32 Å². The van der Waals surface area contributed by atoms with E-state index in [4.69, 9.17) is 0 Å². The number of aryl methyl sites for hydroxylation is 1. The van der Waals surface area contributed by atoms with E-state index in [9.17, 15) is 0 Å². The molecule has 1 N–H and O–H groups in total. The highest BCUT2D eigenvalue weighted by Gasteiger charge is 2.15. The fourth-order valence-corrected chi connectivity index (χ4v) is 1.74. The van der Waals surface area contributed by atoms with E-state index in [-0.39, 0.29) is 0 Å². The standard InChI is InChI=1S/C9H15N3/c1-12-6-5-11-9(12)7-8-3-2-4-10-8/h5-6,8,10H,2-4,7H2,1H3. The van der Waals surface area contributed by atoms with Gasteiger partial charge in [-0.15, -0.1) is 0 Å². The smallest absolute Gasteiger partial charge is 0.109 e. The van der Waals surface area contributed by atoms with Crippen LogP contribution >= 0.6 is 0 Å². The van der Waals surface area contributed by atoms with Crippen LogP contribution in [0.25, 0.3) is 0 Å². The molecule has 1 unspecified atom stereocenters. The van der Waals surface area contributed by atoms with Crippen LogP contribution in [0.15, 0.2) is 12.4 Å². The molecule has 1 aromatic rings.